The lowest BCUT2D eigenvalue weighted by Gasteiger charge is -2.06. The van der Waals surface area contributed by atoms with Crippen molar-refractivity contribution in [1.29, 1.82) is 0 Å². The summed E-state index contributed by atoms with van der Waals surface area (Å²) in [6, 6.07) is 7.61. The van der Waals surface area contributed by atoms with Crippen LogP contribution >= 0.6 is 0 Å². The number of carbonyl (C=O) groups excluding carboxylic acids is 2. The monoisotopic (exact) mass is 276 g/mol. The third-order valence-corrected chi connectivity index (χ3v) is 3.04. The Kier molecular flexibility index (Phi) is 5.16. The largest absolute Gasteiger partial charge is 0.490 e. The van der Waals surface area contributed by atoms with Gasteiger partial charge in [0.15, 0.2) is 0 Å². The van der Waals surface area contributed by atoms with Crippen molar-refractivity contribution in [3.63, 3.8) is 0 Å². The van der Waals surface area contributed by atoms with Crippen LogP contribution in [0.2, 0.25) is 0 Å². The Morgan fingerprint density at radius 1 is 1.25 bits per heavy atom. The number of benzene rings is 1. The SMILES string of the molecule is CCOC(=O)CCC(=O)Cc1cccc(OC2CC2)c1. The van der Waals surface area contributed by atoms with Crippen LogP contribution in [-0.2, 0) is 20.7 Å². The summed E-state index contributed by atoms with van der Waals surface area (Å²) in [6.45, 7) is 2.11. The van der Waals surface area contributed by atoms with E-state index in [1.54, 1.807) is 6.92 Å². The standard InChI is InChI=1S/C16H20O4/c1-2-19-16(18)9-6-13(17)10-12-4-3-5-15(11-12)20-14-7-8-14/h3-5,11,14H,2,6-10H2,1H3. The van der Waals surface area contributed by atoms with E-state index in [-0.39, 0.29) is 24.6 Å². The summed E-state index contributed by atoms with van der Waals surface area (Å²) in [7, 11) is 0. The fourth-order valence-corrected chi connectivity index (χ4v) is 1.90. The van der Waals surface area contributed by atoms with Gasteiger partial charge in [-0.3, -0.25) is 9.59 Å². The van der Waals surface area contributed by atoms with E-state index in [2.05, 4.69) is 0 Å². The van der Waals surface area contributed by atoms with Gasteiger partial charge in [-0.2, -0.15) is 0 Å². The van der Waals surface area contributed by atoms with E-state index in [1.807, 2.05) is 24.3 Å². The summed E-state index contributed by atoms with van der Waals surface area (Å²) in [5.74, 6) is 0.552. The summed E-state index contributed by atoms with van der Waals surface area (Å²) in [6.07, 6.45) is 3.30. The van der Waals surface area contributed by atoms with E-state index in [1.165, 1.54) is 0 Å². The molecule has 1 saturated carbocycles. The molecular weight excluding hydrogens is 256 g/mol. The molecule has 1 aliphatic carbocycles. The maximum atomic E-state index is 11.8. The highest BCUT2D eigenvalue weighted by Crippen LogP contribution is 2.27. The van der Waals surface area contributed by atoms with Gasteiger partial charge in [-0.25, -0.2) is 0 Å². The first kappa shape index (κ1) is 14.6. The second kappa shape index (κ2) is 7.08. The molecule has 0 radical (unpaired) electrons. The maximum Gasteiger partial charge on any atom is 0.306 e. The fourth-order valence-electron chi connectivity index (χ4n) is 1.90. The van der Waals surface area contributed by atoms with E-state index in [0.717, 1.165) is 24.2 Å². The lowest BCUT2D eigenvalue weighted by molar-refractivity contribution is -0.144. The van der Waals surface area contributed by atoms with Crippen LogP contribution in [0.5, 0.6) is 5.75 Å². The average Bonchev–Trinajstić information content (AvgIpc) is 3.21. The van der Waals surface area contributed by atoms with Crippen LogP contribution in [0, 0.1) is 0 Å². The Labute approximate surface area is 119 Å². The molecule has 2 rings (SSSR count). The number of hydrogen-bond donors (Lipinski definition) is 0. The predicted molar refractivity (Wildman–Crippen MR) is 74.7 cm³/mol. The number of hydrogen-bond acceptors (Lipinski definition) is 4. The van der Waals surface area contributed by atoms with Gasteiger partial charge in [-0.05, 0) is 37.5 Å². The van der Waals surface area contributed by atoms with E-state index in [4.69, 9.17) is 9.47 Å². The van der Waals surface area contributed by atoms with Gasteiger partial charge in [0.25, 0.3) is 0 Å². The molecule has 20 heavy (non-hydrogen) atoms. The van der Waals surface area contributed by atoms with Gasteiger partial charge in [0.1, 0.15) is 11.5 Å². The third kappa shape index (κ3) is 5.03. The minimum absolute atomic E-state index is 0.0432. The third-order valence-electron chi connectivity index (χ3n) is 3.04. The van der Waals surface area contributed by atoms with Crippen LogP contribution < -0.4 is 4.74 Å². The Bertz CT molecular complexity index is 477. The first-order valence-electron chi connectivity index (χ1n) is 7.10. The average molecular weight is 276 g/mol. The van der Waals surface area contributed by atoms with Crippen LogP contribution in [0.25, 0.3) is 0 Å². The van der Waals surface area contributed by atoms with Crippen LogP contribution in [0.3, 0.4) is 0 Å². The molecule has 1 aromatic carbocycles. The summed E-state index contributed by atoms with van der Waals surface area (Å²) < 4.78 is 10.5. The quantitative estimate of drug-likeness (QED) is 0.685. The Morgan fingerprint density at radius 2 is 2.05 bits per heavy atom. The molecule has 4 heteroatoms. The van der Waals surface area contributed by atoms with Gasteiger partial charge in [0.05, 0.1) is 19.1 Å². The predicted octanol–water partition coefficient (Wildman–Crippen LogP) is 2.68. The molecule has 0 amide bonds. The van der Waals surface area contributed by atoms with Crippen molar-refractivity contribution in [1.82, 2.24) is 0 Å². The molecule has 108 valence electrons. The van der Waals surface area contributed by atoms with E-state index in [9.17, 15) is 9.59 Å². The van der Waals surface area contributed by atoms with Crippen molar-refractivity contribution in [3.8, 4) is 5.75 Å². The molecule has 1 aromatic rings. The molecule has 0 bridgehead atoms. The van der Waals surface area contributed by atoms with Gasteiger partial charge >= 0.3 is 5.97 Å². The fraction of sp³-hybridized carbons (Fsp3) is 0.500. The Hall–Kier alpha value is -1.84. The zero-order chi connectivity index (χ0) is 14.4. The van der Waals surface area contributed by atoms with Crippen molar-refractivity contribution >= 4 is 11.8 Å². The summed E-state index contributed by atoms with van der Waals surface area (Å²) in [5.41, 5.74) is 0.928. The number of rotatable bonds is 8. The Balaban J connectivity index is 1.79. The molecule has 0 spiro atoms. The van der Waals surface area contributed by atoms with Gasteiger partial charge < -0.3 is 9.47 Å². The molecular formula is C16H20O4. The second-order valence-corrected chi connectivity index (χ2v) is 4.99. The van der Waals surface area contributed by atoms with Crippen LogP contribution in [-0.4, -0.2) is 24.5 Å². The van der Waals surface area contributed by atoms with Crippen LogP contribution in [0.15, 0.2) is 24.3 Å². The second-order valence-electron chi connectivity index (χ2n) is 4.99. The minimum atomic E-state index is -0.313. The smallest absolute Gasteiger partial charge is 0.306 e. The zero-order valence-corrected chi connectivity index (χ0v) is 11.8. The molecule has 1 fully saturated rings. The van der Waals surface area contributed by atoms with Crippen molar-refractivity contribution in [2.24, 2.45) is 0 Å². The molecule has 0 unspecified atom stereocenters. The lowest BCUT2D eigenvalue weighted by Crippen LogP contribution is -2.09. The number of carbonyl (C=O) groups is 2. The Morgan fingerprint density at radius 3 is 2.75 bits per heavy atom. The topological polar surface area (TPSA) is 52.6 Å². The van der Waals surface area contributed by atoms with Gasteiger partial charge in [-0.15, -0.1) is 0 Å². The van der Waals surface area contributed by atoms with Gasteiger partial charge in [0.2, 0.25) is 0 Å². The summed E-state index contributed by atoms with van der Waals surface area (Å²) >= 11 is 0. The summed E-state index contributed by atoms with van der Waals surface area (Å²) in [5, 5.41) is 0. The van der Waals surface area contributed by atoms with Crippen molar-refractivity contribution < 1.29 is 19.1 Å². The highest BCUT2D eigenvalue weighted by Gasteiger charge is 2.23. The highest BCUT2D eigenvalue weighted by molar-refractivity contribution is 5.84. The van der Waals surface area contributed by atoms with Crippen molar-refractivity contribution in [2.75, 3.05) is 6.61 Å². The molecule has 4 nitrogen and oxygen atoms in total. The number of Topliss-reactive ketones (excluding diaryl/α,β-unsaturated/α-hetero) is 1. The van der Waals surface area contributed by atoms with Gasteiger partial charge in [0, 0.05) is 12.8 Å². The first-order chi connectivity index (χ1) is 9.67. The molecule has 0 atom stereocenters. The molecule has 0 N–H and O–H groups in total. The molecule has 0 heterocycles. The maximum absolute atomic E-state index is 11.8. The molecule has 1 aliphatic rings. The first-order valence-corrected chi connectivity index (χ1v) is 7.10. The van der Waals surface area contributed by atoms with Crippen LogP contribution in [0.1, 0.15) is 38.2 Å². The van der Waals surface area contributed by atoms with E-state index < -0.39 is 0 Å². The highest BCUT2D eigenvalue weighted by atomic mass is 16.5. The van der Waals surface area contributed by atoms with Crippen molar-refractivity contribution in [2.45, 2.75) is 45.1 Å². The molecule has 0 aliphatic heterocycles. The zero-order valence-electron chi connectivity index (χ0n) is 11.8. The minimum Gasteiger partial charge on any atom is -0.490 e. The number of ether oxygens (including phenoxy) is 2. The molecule has 0 aromatic heterocycles. The number of esters is 1. The van der Waals surface area contributed by atoms with Crippen molar-refractivity contribution in [3.05, 3.63) is 29.8 Å². The van der Waals surface area contributed by atoms with Gasteiger partial charge in [-0.1, -0.05) is 12.1 Å². The van der Waals surface area contributed by atoms with E-state index >= 15 is 0 Å². The van der Waals surface area contributed by atoms with Crippen LogP contribution in [0.4, 0.5) is 0 Å². The molecule has 0 saturated heterocycles. The summed E-state index contributed by atoms with van der Waals surface area (Å²) in [4.78, 5) is 23.0. The van der Waals surface area contributed by atoms with E-state index in [0.29, 0.717) is 19.1 Å². The normalized spacial score (nSPS) is 13.8. The lowest BCUT2D eigenvalue weighted by atomic mass is 10.1. The number of ketones is 1.